The van der Waals surface area contributed by atoms with Gasteiger partial charge in [0.1, 0.15) is 0 Å². The molecule has 0 radical (unpaired) electrons. The Kier molecular flexibility index (Phi) is 4.94. The third-order valence-electron chi connectivity index (χ3n) is 2.72. The van der Waals surface area contributed by atoms with Crippen LogP contribution in [0.1, 0.15) is 32.6 Å². The molecule has 0 aliphatic heterocycles. The van der Waals surface area contributed by atoms with Gasteiger partial charge in [-0.05, 0) is 25.3 Å². The van der Waals surface area contributed by atoms with E-state index in [-0.39, 0.29) is 11.9 Å². The summed E-state index contributed by atoms with van der Waals surface area (Å²) < 4.78 is 4.64. The van der Waals surface area contributed by atoms with Gasteiger partial charge in [0, 0.05) is 6.54 Å². The van der Waals surface area contributed by atoms with Gasteiger partial charge in [0.05, 0.1) is 13.0 Å². The molecule has 0 amide bonds. The summed E-state index contributed by atoms with van der Waals surface area (Å²) >= 11 is 0. The third-order valence-corrected chi connectivity index (χ3v) is 2.72. The summed E-state index contributed by atoms with van der Waals surface area (Å²) in [4.78, 5) is 11.0. The van der Waals surface area contributed by atoms with E-state index in [9.17, 15) is 4.79 Å². The zero-order valence-electron chi connectivity index (χ0n) is 9.21. The van der Waals surface area contributed by atoms with Gasteiger partial charge in [-0.2, -0.15) is 0 Å². The monoisotopic (exact) mass is 199 g/mol. The predicted molar refractivity (Wildman–Crippen MR) is 56.0 cm³/mol. The van der Waals surface area contributed by atoms with E-state index in [4.69, 9.17) is 0 Å². The van der Waals surface area contributed by atoms with Gasteiger partial charge in [-0.15, -0.1) is 0 Å². The molecule has 1 N–H and O–H groups in total. The number of ether oxygens (including phenoxy) is 1. The molecule has 0 aromatic heterocycles. The molecule has 3 heteroatoms. The highest BCUT2D eigenvalue weighted by Crippen LogP contribution is 2.33. The molecule has 0 saturated heterocycles. The molecule has 1 unspecified atom stereocenters. The summed E-state index contributed by atoms with van der Waals surface area (Å²) in [5.74, 6) is 0.857. The molecule has 0 aromatic carbocycles. The third kappa shape index (κ3) is 4.61. The molecule has 82 valence electrons. The Hall–Kier alpha value is -0.570. The lowest BCUT2D eigenvalue weighted by molar-refractivity contribution is -0.144. The fraction of sp³-hybridized carbons (Fsp3) is 0.909. The molecule has 1 atom stereocenters. The first-order valence-electron chi connectivity index (χ1n) is 5.52. The van der Waals surface area contributed by atoms with E-state index in [1.807, 2.05) is 6.92 Å². The normalized spacial score (nSPS) is 17.9. The smallest absolute Gasteiger partial charge is 0.309 e. The molecule has 1 aliphatic rings. The van der Waals surface area contributed by atoms with E-state index in [2.05, 4.69) is 10.1 Å². The van der Waals surface area contributed by atoms with Crippen molar-refractivity contribution in [2.75, 3.05) is 20.2 Å². The van der Waals surface area contributed by atoms with Gasteiger partial charge in [-0.25, -0.2) is 0 Å². The molecule has 0 heterocycles. The largest absolute Gasteiger partial charge is 0.469 e. The molecule has 1 saturated carbocycles. The van der Waals surface area contributed by atoms with Crippen LogP contribution in [0.3, 0.4) is 0 Å². The number of esters is 1. The van der Waals surface area contributed by atoms with Crippen LogP contribution >= 0.6 is 0 Å². The maximum atomic E-state index is 11.0. The van der Waals surface area contributed by atoms with E-state index in [1.54, 1.807) is 0 Å². The molecule has 1 rings (SSSR count). The first kappa shape index (κ1) is 11.5. The zero-order chi connectivity index (χ0) is 10.4. The maximum Gasteiger partial charge on any atom is 0.309 e. The van der Waals surface area contributed by atoms with E-state index in [0.717, 1.165) is 19.0 Å². The Labute approximate surface area is 86.2 Å². The number of carbonyl (C=O) groups excluding carboxylic acids is 1. The molecule has 0 aromatic rings. The Morgan fingerprint density at radius 3 is 2.86 bits per heavy atom. The van der Waals surface area contributed by atoms with Gasteiger partial charge in [-0.1, -0.05) is 19.8 Å². The standard InChI is InChI=1S/C11H21NO2/c1-9(11(13)14-2)8-12-7-3-4-10-5-6-10/h9-10,12H,3-8H2,1-2H3. The number of rotatable bonds is 7. The Balaban J connectivity index is 1.88. The number of carbonyl (C=O) groups is 1. The molecule has 1 fully saturated rings. The van der Waals surface area contributed by atoms with Gasteiger partial charge >= 0.3 is 5.97 Å². The van der Waals surface area contributed by atoms with Crippen LogP contribution in [0.4, 0.5) is 0 Å². The van der Waals surface area contributed by atoms with Crippen LogP contribution in [-0.2, 0) is 9.53 Å². The minimum Gasteiger partial charge on any atom is -0.469 e. The first-order chi connectivity index (χ1) is 6.74. The Morgan fingerprint density at radius 2 is 2.29 bits per heavy atom. The molecule has 0 spiro atoms. The minimum absolute atomic E-state index is 0.0269. The summed E-state index contributed by atoms with van der Waals surface area (Å²) in [6.07, 6.45) is 5.44. The highest BCUT2D eigenvalue weighted by atomic mass is 16.5. The zero-order valence-corrected chi connectivity index (χ0v) is 9.21. The van der Waals surface area contributed by atoms with Crippen LogP contribution in [-0.4, -0.2) is 26.2 Å². The number of methoxy groups -OCH3 is 1. The summed E-state index contributed by atoms with van der Waals surface area (Å²) in [6, 6.07) is 0. The quantitative estimate of drug-likeness (QED) is 0.499. The van der Waals surface area contributed by atoms with E-state index < -0.39 is 0 Å². The van der Waals surface area contributed by atoms with Gasteiger partial charge < -0.3 is 10.1 Å². The summed E-state index contributed by atoms with van der Waals surface area (Å²) in [6.45, 7) is 3.65. The van der Waals surface area contributed by atoms with Crippen LogP contribution in [0, 0.1) is 11.8 Å². The average molecular weight is 199 g/mol. The molecular weight excluding hydrogens is 178 g/mol. The van der Waals surface area contributed by atoms with Crippen LogP contribution in [0.5, 0.6) is 0 Å². The molecular formula is C11H21NO2. The van der Waals surface area contributed by atoms with Gasteiger partial charge in [-0.3, -0.25) is 4.79 Å². The van der Waals surface area contributed by atoms with E-state index in [1.165, 1.54) is 32.8 Å². The van der Waals surface area contributed by atoms with Crippen molar-refractivity contribution >= 4 is 5.97 Å². The average Bonchev–Trinajstić information content (AvgIpc) is 2.99. The van der Waals surface area contributed by atoms with E-state index in [0.29, 0.717) is 0 Å². The highest BCUT2D eigenvalue weighted by Gasteiger charge is 2.20. The van der Waals surface area contributed by atoms with Gasteiger partial charge in [0.25, 0.3) is 0 Å². The van der Waals surface area contributed by atoms with Crippen molar-refractivity contribution in [3.63, 3.8) is 0 Å². The van der Waals surface area contributed by atoms with Crippen molar-refractivity contribution in [1.82, 2.24) is 5.32 Å². The number of hydrogen-bond donors (Lipinski definition) is 1. The molecule has 0 bridgehead atoms. The maximum absolute atomic E-state index is 11.0. The highest BCUT2D eigenvalue weighted by molar-refractivity contribution is 5.71. The predicted octanol–water partition coefficient (Wildman–Crippen LogP) is 1.58. The molecule has 3 nitrogen and oxygen atoms in total. The molecule has 14 heavy (non-hydrogen) atoms. The lowest BCUT2D eigenvalue weighted by Crippen LogP contribution is -2.28. The van der Waals surface area contributed by atoms with Crippen molar-refractivity contribution in [1.29, 1.82) is 0 Å². The number of nitrogens with one attached hydrogen (secondary N) is 1. The summed E-state index contributed by atoms with van der Waals surface area (Å²) in [7, 11) is 1.44. The Morgan fingerprint density at radius 1 is 1.57 bits per heavy atom. The lowest BCUT2D eigenvalue weighted by Gasteiger charge is -2.09. The van der Waals surface area contributed by atoms with Crippen LogP contribution in [0.2, 0.25) is 0 Å². The van der Waals surface area contributed by atoms with Crippen LogP contribution < -0.4 is 5.32 Å². The fourth-order valence-corrected chi connectivity index (χ4v) is 1.53. The van der Waals surface area contributed by atoms with Crippen molar-refractivity contribution in [3.8, 4) is 0 Å². The van der Waals surface area contributed by atoms with Crippen molar-refractivity contribution < 1.29 is 9.53 Å². The van der Waals surface area contributed by atoms with Crippen molar-refractivity contribution in [2.24, 2.45) is 11.8 Å². The summed E-state index contributed by atoms with van der Waals surface area (Å²) in [5.41, 5.74) is 0. The van der Waals surface area contributed by atoms with Gasteiger partial charge in [0.2, 0.25) is 0 Å². The van der Waals surface area contributed by atoms with Crippen molar-refractivity contribution in [3.05, 3.63) is 0 Å². The van der Waals surface area contributed by atoms with E-state index >= 15 is 0 Å². The number of hydrogen-bond acceptors (Lipinski definition) is 3. The SMILES string of the molecule is COC(=O)C(C)CNCCCC1CC1. The topological polar surface area (TPSA) is 38.3 Å². The second-order valence-corrected chi connectivity index (χ2v) is 4.21. The van der Waals surface area contributed by atoms with Crippen molar-refractivity contribution in [2.45, 2.75) is 32.6 Å². The van der Waals surface area contributed by atoms with Gasteiger partial charge in [0.15, 0.2) is 0 Å². The lowest BCUT2D eigenvalue weighted by atomic mass is 10.2. The minimum atomic E-state index is -0.125. The van der Waals surface area contributed by atoms with Crippen LogP contribution in [0.15, 0.2) is 0 Å². The first-order valence-corrected chi connectivity index (χ1v) is 5.52. The Bertz CT molecular complexity index is 178. The fourth-order valence-electron chi connectivity index (χ4n) is 1.53. The second kappa shape index (κ2) is 6.02. The molecule has 1 aliphatic carbocycles. The van der Waals surface area contributed by atoms with Crippen LogP contribution in [0.25, 0.3) is 0 Å². The second-order valence-electron chi connectivity index (χ2n) is 4.21. The summed E-state index contributed by atoms with van der Waals surface area (Å²) in [5, 5.41) is 3.28.